The molecule has 0 aliphatic rings. The predicted molar refractivity (Wildman–Crippen MR) is 107 cm³/mol. The zero-order valence-corrected chi connectivity index (χ0v) is 16.5. The van der Waals surface area contributed by atoms with Crippen LogP contribution in [-0.4, -0.2) is 50.8 Å². The van der Waals surface area contributed by atoms with Gasteiger partial charge >= 0.3 is 0 Å². The Morgan fingerprint density at radius 1 is 1.10 bits per heavy atom. The Labute approximate surface area is 171 Å². The van der Waals surface area contributed by atoms with Crippen LogP contribution < -0.4 is 25.0 Å². The maximum absolute atomic E-state index is 12.3. The van der Waals surface area contributed by atoms with Gasteiger partial charge in [0.1, 0.15) is 0 Å². The number of hydrazone groups is 1. The summed E-state index contributed by atoms with van der Waals surface area (Å²) in [6, 6.07) is 8.65. The Morgan fingerprint density at radius 2 is 1.77 bits per heavy atom. The molecule has 2 amide bonds. The molecule has 0 unspecified atom stereocenters. The number of methoxy groups -OCH3 is 3. The lowest BCUT2D eigenvalue weighted by Crippen LogP contribution is -2.34. The number of hydrogen-bond donors (Lipinski definition) is 2. The van der Waals surface area contributed by atoms with Gasteiger partial charge < -0.3 is 19.5 Å². The van der Waals surface area contributed by atoms with Crippen LogP contribution in [0.3, 0.4) is 0 Å². The molecule has 11 heteroatoms. The van der Waals surface area contributed by atoms with E-state index in [-0.39, 0.29) is 17.8 Å². The summed E-state index contributed by atoms with van der Waals surface area (Å²) in [7, 11) is 4.29. The Morgan fingerprint density at radius 3 is 2.33 bits per heavy atom. The molecule has 0 fully saturated rings. The van der Waals surface area contributed by atoms with E-state index in [1.54, 1.807) is 6.07 Å². The Balaban J connectivity index is 1.95. The van der Waals surface area contributed by atoms with Gasteiger partial charge in [0.05, 0.1) is 39.0 Å². The van der Waals surface area contributed by atoms with E-state index in [9.17, 15) is 19.7 Å². The first-order valence-electron chi connectivity index (χ1n) is 8.54. The third-order valence-electron chi connectivity index (χ3n) is 3.82. The standard InChI is InChI=1S/C19H20N4O7/c1-28-15-8-13(9-16(29-2)18(15)30-3)19(25)20-11-17(24)22-21-10-12-5-4-6-14(7-12)23(26)27/h4-10H,11H2,1-3H3,(H,20,25)(H,22,24)/b21-10+. The average molecular weight is 416 g/mol. The minimum Gasteiger partial charge on any atom is -0.493 e. The van der Waals surface area contributed by atoms with Gasteiger partial charge in [0.25, 0.3) is 17.5 Å². The van der Waals surface area contributed by atoms with Crippen molar-refractivity contribution in [2.75, 3.05) is 27.9 Å². The van der Waals surface area contributed by atoms with Crippen LogP contribution in [0.4, 0.5) is 5.69 Å². The number of hydrogen-bond acceptors (Lipinski definition) is 8. The summed E-state index contributed by atoms with van der Waals surface area (Å²) in [6.45, 7) is -0.345. The quantitative estimate of drug-likeness (QED) is 0.358. The molecule has 2 aromatic rings. The average Bonchev–Trinajstić information content (AvgIpc) is 2.76. The largest absolute Gasteiger partial charge is 0.493 e. The van der Waals surface area contributed by atoms with Crippen molar-refractivity contribution in [2.24, 2.45) is 5.10 Å². The summed E-state index contributed by atoms with van der Waals surface area (Å²) in [4.78, 5) is 34.4. The van der Waals surface area contributed by atoms with Crippen LogP contribution >= 0.6 is 0 Å². The van der Waals surface area contributed by atoms with Gasteiger partial charge in [0, 0.05) is 23.3 Å². The highest BCUT2D eigenvalue weighted by Crippen LogP contribution is 2.38. The van der Waals surface area contributed by atoms with Crippen molar-refractivity contribution in [3.63, 3.8) is 0 Å². The van der Waals surface area contributed by atoms with Crippen molar-refractivity contribution in [3.8, 4) is 17.2 Å². The summed E-state index contributed by atoms with van der Waals surface area (Å²) >= 11 is 0. The van der Waals surface area contributed by atoms with Gasteiger partial charge in [-0.05, 0) is 12.1 Å². The number of nitrogens with one attached hydrogen (secondary N) is 2. The maximum Gasteiger partial charge on any atom is 0.270 e. The van der Waals surface area contributed by atoms with E-state index < -0.39 is 16.7 Å². The van der Waals surface area contributed by atoms with Crippen molar-refractivity contribution in [2.45, 2.75) is 0 Å². The highest BCUT2D eigenvalue weighted by molar-refractivity contribution is 5.97. The van der Waals surface area contributed by atoms with Crippen molar-refractivity contribution < 1.29 is 28.7 Å². The van der Waals surface area contributed by atoms with Crippen molar-refractivity contribution in [1.82, 2.24) is 10.7 Å². The first kappa shape index (κ1) is 22.1. The number of nitrogens with zero attached hydrogens (tertiary/aromatic N) is 2. The zero-order chi connectivity index (χ0) is 22.1. The van der Waals surface area contributed by atoms with Crippen molar-refractivity contribution in [3.05, 3.63) is 57.6 Å². The van der Waals surface area contributed by atoms with Crippen LogP contribution in [0.15, 0.2) is 41.5 Å². The van der Waals surface area contributed by atoms with Gasteiger partial charge in [0.2, 0.25) is 5.75 Å². The van der Waals surface area contributed by atoms with Crippen LogP contribution in [-0.2, 0) is 4.79 Å². The number of carbonyl (C=O) groups excluding carboxylic acids is 2. The normalized spacial score (nSPS) is 10.4. The molecule has 30 heavy (non-hydrogen) atoms. The number of benzene rings is 2. The molecule has 0 aliphatic carbocycles. The van der Waals surface area contributed by atoms with Crippen LogP contribution in [0.2, 0.25) is 0 Å². The van der Waals surface area contributed by atoms with E-state index in [1.807, 2.05) is 0 Å². The lowest BCUT2D eigenvalue weighted by Gasteiger charge is -2.14. The van der Waals surface area contributed by atoms with Crippen LogP contribution in [0.25, 0.3) is 0 Å². The van der Waals surface area contributed by atoms with Gasteiger partial charge in [-0.25, -0.2) is 5.43 Å². The van der Waals surface area contributed by atoms with Crippen molar-refractivity contribution >= 4 is 23.7 Å². The second-order valence-electron chi connectivity index (χ2n) is 5.74. The van der Waals surface area contributed by atoms with Crippen LogP contribution in [0.1, 0.15) is 15.9 Å². The summed E-state index contributed by atoms with van der Waals surface area (Å²) in [6.07, 6.45) is 1.26. The fourth-order valence-electron chi connectivity index (χ4n) is 2.41. The monoisotopic (exact) mass is 416 g/mol. The first-order valence-corrected chi connectivity index (χ1v) is 8.54. The molecule has 0 heterocycles. The number of non-ortho nitro benzene ring substituents is 1. The highest BCUT2D eigenvalue weighted by atomic mass is 16.6. The number of ether oxygens (including phenoxy) is 3. The fraction of sp³-hybridized carbons (Fsp3) is 0.211. The number of nitro groups is 1. The Bertz CT molecular complexity index is 950. The number of carbonyl (C=O) groups is 2. The molecule has 0 atom stereocenters. The Hall–Kier alpha value is -4.15. The number of rotatable bonds is 9. The topological polar surface area (TPSA) is 141 Å². The predicted octanol–water partition coefficient (Wildman–Crippen LogP) is 1.50. The lowest BCUT2D eigenvalue weighted by atomic mass is 10.1. The smallest absolute Gasteiger partial charge is 0.270 e. The van der Waals surface area contributed by atoms with Gasteiger partial charge in [-0.2, -0.15) is 5.10 Å². The molecule has 0 aliphatic heterocycles. The summed E-state index contributed by atoms with van der Waals surface area (Å²) < 4.78 is 15.6. The second-order valence-corrected chi connectivity index (χ2v) is 5.74. The molecule has 0 saturated heterocycles. The van der Waals surface area contributed by atoms with E-state index in [4.69, 9.17) is 14.2 Å². The molecule has 0 spiro atoms. The molecule has 2 N–H and O–H groups in total. The molecule has 0 radical (unpaired) electrons. The molecule has 0 saturated carbocycles. The molecule has 2 aromatic carbocycles. The summed E-state index contributed by atoms with van der Waals surface area (Å²) in [5, 5.41) is 16.9. The van der Waals surface area contributed by atoms with Gasteiger partial charge in [0.15, 0.2) is 11.5 Å². The molecule has 11 nitrogen and oxygen atoms in total. The van der Waals surface area contributed by atoms with Crippen molar-refractivity contribution in [1.29, 1.82) is 0 Å². The summed E-state index contributed by atoms with van der Waals surface area (Å²) in [5.41, 5.74) is 2.77. The molecule has 0 bridgehead atoms. The number of amides is 2. The summed E-state index contributed by atoms with van der Waals surface area (Å²) in [5.74, 6) is -0.185. The minimum atomic E-state index is -0.586. The van der Waals surface area contributed by atoms with E-state index in [2.05, 4.69) is 15.8 Å². The third-order valence-corrected chi connectivity index (χ3v) is 3.82. The molecule has 0 aromatic heterocycles. The van der Waals surface area contributed by atoms with Crippen LogP contribution in [0, 0.1) is 10.1 Å². The Kier molecular flexibility index (Phi) is 7.68. The zero-order valence-electron chi connectivity index (χ0n) is 16.5. The molecule has 158 valence electrons. The van der Waals surface area contributed by atoms with E-state index in [1.165, 1.54) is 57.9 Å². The van der Waals surface area contributed by atoms with Gasteiger partial charge in [-0.15, -0.1) is 0 Å². The maximum atomic E-state index is 12.3. The number of nitro benzene ring substituents is 1. The minimum absolute atomic E-state index is 0.0945. The SMILES string of the molecule is COc1cc(C(=O)NCC(=O)N/N=C/c2cccc([N+](=O)[O-])c2)cc(OC)c1OC. The third kappa shape index (κ3) is 5.67. The molecular weight excluding hydrogens is 396 g/mol. The van der Waals surface area contributed by atoms with Crippen LogP contribution in [0.5, 0.6) is 17.2 Å². The lowest BCUT2D eigenvalue weighted by molar-refractivity contribution is -0.384. The molecular formula is C19H20N4O7. The molecule has 2 rings (SSSR count). The van der Waals surface area contributed by atoms with E-state index in [0.717, 1.165) is 0 Å². The van der Waals surface area contributed by atoms with E-state index in [0.29, 0.717) is 22.8 Å². The first-order chi connectivity index (χ1) is 14.4. The highest BCUT2D eigenvalue weighted by Gasteiger charge is 2.17. The van der Waals surface area contributed by atoms with Gasteiger partial charge in [-0.3, -0.25) is 19.7 Å². The second kappa shape index (κ2) is 10.4. The van der Waals surface area contributed by atoms with E-state index >= 15 is 0 Å². The van der Waals surface area contributed by atoms with Gasteiger partial charge in [-0.1, -0.05) is 12.1 Å². The fourth-order valence-corrected chi connectivity index (χ4v) is 2.41.